The summed E-state index contributed by atoms with van der Waals surface area (Å²) in [6.07, 6.45) is 3.31. The molecule has 0 bridgehead atoms. The number of aromatic hydroxyl groups is 1. The summed E-state index contributed by atoms with van der Waals surface area (Å²) in [5.41, 5.74) is 0.263. The highest BCUT2D eigenvalue weighted by Gasteiger charge is 2.41. The van der Waals surface area contributed by atoms with E-state index >= 15 is 0 Å². The number of amides is 1. The number of aromatic carboxylic acids is 1. The van der Waals surface area contributed by atoms with Crippen molar-refractivity contribution in [3.8, 4) is 5.75 Å². The summed E-state index contributed by atoms with van der Waals surface area (Å²) >= 11 is 0. The first-order valence-corrected chi connectivity index (χ1v) is 11.1. The zero-order valence-corrected chi connectivity index (χ0v) is 17.9. The van der Waals surface area contributed by atoms with E-state index in [0.29, 0.717) is 19.0 Å². The van der Waals surface area contributed by atoms with E-state index in [2.05, 4.69) is 0 Å². The van der Waals surface area contributed by atoms with E-state index in [1.165, 1.54) is 10.8 Å². The zero-order valence-electron chi connectivity index (χ0n) is 17.9. The predicted octanol–water partition coefficient (Wildman–Crippen LogP) is 3.49. The minimum Gasteiger partial charge on any atom is -0.503 e. The maximum Gasteiger partial charge on any atom is 0.341 e. The Labute approximate surface area is 190 Å². The van der Waals surface area contributed by atoms with Crippen LogP contribution < -0.4 is 5.43 Å². The maximum absolute atomic E-state index is 13.3. The number of pyridine rings is 1. The highest BCUT2D eigenvalue weighted by molar-refractivity contribution is 5.97. The van der Waals surface area contributed by atoms with Crippen molar-refractivity contribution >= 4 is 11.9 Å². The second-order valence-corrected chi connectivity index (χ2v) is 8.80. The van der Waals surface area contributed by atoms with Crippen molar-refractivity contribution in [2.24, 2.45) is 5.92 Å². The Morgan fingerprint density at radius 2 is 1.55 bits per heavy atom. The molecule has 1 aromatic heterocycles. The van der Waals surface area contributed by atoms with Crippen LogP contribution in [0.2, 0.25) is 0 Å². The van der Waals surface area contributed by atoms with Crippen molar-refractivity contribution in [1.82, 2.24) is 9.47 Å². The fourth-order valence-electron chi connectivity index (χ4n) is 4.78. The molecule has 7 nitrogen and oxygen atoms in total. The Morgan fingerprint density at radius 1 is 0.970 bits per heavy atom. The van der Waals surface area contributed by atoms with Gasteiger partial charge in [0, 0.05) is 25.2 Å². The number of fused-ring (bicyclic) bond motifs is 1. The molecule has 1 amide bonds. The average molecular weight is 444 g/mol. The lowest BCUT2D eigenvalue weighted by Crippen LogP contribution is -2.47. The molecule has 1 unspecified atom stereocenters. The fourth-order valence-corrected chi connectivity index (χ4v) is 4.78. The van der Waals surface area contributed by atoms with Gasteiger partial charge in [-0.15, -0.1) is 0 Å². The summed E-state index contributed by atoms with van der Waals surface area (Å²) < 4.78 is 1.51. The second kappa shape index (κ2) is 8.24. The van der Waals surface area contributed by atoms with Gasteiger partial charge in [0.25, 0.3) is 5.91 Å². The Balaban J connectivity index is 1.74. The van der Waals surface area contributed by atoms with E-state index in [1.54, 1.807) is 4.90 Å². The number of nitrogens with zero attached hydrogens (tertiary/aromatic N) is 2. The van der Waals surface area contributed by atoms with Gasteiger partial charge in [0.15, 0.2) is 11.4 Å². The molecule has 2 aromatic carbocycles. The normalized spacial score (nSPS) is 17.8. The first kappa shape index (κ1) is 21.0. The van der Waals surface area contributed by atoms with Crippen LogP contribution in [0.3, 0.4) is 0 Å². The number of hydrogen-bond donors (Lipinski definition) is 2. The SMILES string of the molecule is O=C(O)c1cn2c(c(O)c1=O)C(=O)N(CC1CC1)CC2C(c1ccccc1)c1ccccc1. The molecule has 1 saturated carbocycles. The molecule has 2 heterocycles. The van der Waals surface area contributed by atoms with Crippen molar-refractivity contribution in [1.29, 1.82) is 0 Å². The predicted molar refractivity (Wildman–Crippen MR) is 122 cm³/mol. The molecule has 33 heavy (non-hydrogen) atoms. The lowest BCUT2D eigenvalue weighted by molar-refractivity contribution is 0.0629. The smallest absolute Gasteiger partial charge is 0.341 e. The summed E-state index contributed by atoms with van der Waals surface area (Å²) in [5, 5.41) is 20.3. The van der Waals surface area contributed by atoms with Crippen molar-refractivity contribution in [2.75, 3.05) is 13.1 Å². The van der Waals surface area contributed by atoms with E-state index in [9.17, 15) is 24.6 Å². The number of carboxylic acids is 1. The van der Waals surface area contributed by atoms with Gasteiger partial charge >= 0.3 is 5.97 Å². The maximum atomic E-state index is 13.3. The third-order valence-electron chi connectivity index (χ3n) is 6.57. The molecule has 2 N–H and O–H groups in total. The van der Waals surface area contributed by atoms with Gasteiger partial charge in [0.05, 0.1) is 6.04 Å². The summed E-state index contributed by atoms with van der Waals surface area (Å²) in [6, 6.07) is 19.2. The summed E-state index contributed by atoms with van der Waals surface area (Å²) in [5.74, 6) is -2.49. The van der Waals surface area contributed by atoms with Crippen molar-refractivity contribution in [3.05, 3.63) is 99.5 Å². The number of aromatic nitrogens is 1. The first-order chi connectivity index (χ1) is 16.0. The summed E-state index contributed by atoms with van der Waals surface area (Å²) in [6.45, 7) is 0.901. The molecule has 0 saturated heterocycles. The molecule has 0 spiro atoms. The van der Waals surface area contributed by atoms with Crippen LogP contribution in [0.4, 0.5) is 0 Å². The van der Waals surface area contributed by atoms with Crippen LogP contribution in [0.15, 0.2) is 71.7 Å². The molecule has 168 valence electrons. The van der Waals surface area contributed by atoms with Crippen LogP contribution in [0.5, 0.6) is 5.75 Å². The Bertz CT molecular complexity index is 1230. The van der Waals surface area contributed by atoms with Crippen LogP contribution in [0.25, 0.3) is 0 Å². The molecule has 1 fully saturated rings. The van der Waals surface area contributed by atoms with Gasteiger partial charge in [-0.1, -0.05) is 60.7 Å². The Morgan fingerprint density at radius 3 is 2.06 bits per heavy atom. The lowest BCUT2D eigenvalue weighted by atomic mass is 9.83. The molecule has 7 heteroatoms. The van der Waals surface area contributed by atoms with Gasteiger partial charge in [-0.05, 0) is 29.9 Å². The Hall–Kier alpha value is -3.87. The number of rotatable bonds is 6. The number of hydrogen-bond acceptors (Lipinski definition) is 4. The van der Waals surface area contributed by atoms with E-state index in [-0.39, 0.29) is 11.6 Å². The van der Waals surface area contributed by atoms with Crippen LogP contribution in [0.1, 0.15) is 56.8 Å². The van der Waals surface area contributed by atoms with Crippen LogP contribution in [-0.2, 0) is 0 Å². The van der Waals surface area contributed by atoms with Crippen molar-refractivity contribution in [2.45, 2.75) is 24.8 Å². The van der Waals surface area contributed by atoms with Crippen LogP contribution in [-0.4, -0.2) is 44.6 Å². The highest BCUT2D eigenvalue weighted by atomic mass is 16.4. The van der Waals surface area contributed by atoms with Gasteiger partial charge in [-0.25, -0.2) is 4.79 Å². The largest absolute Gasteiger partial charge is 0.503 e. The lowest BCUT2D eigenvalue weighted by Gasteiger charge is -2.40. The third kappa shape index (κ3) is 3.80. The number of carbonyl (C=O) groups is 2. The quantitative estimate of drug-likeness (QED) is 0.606. The second-order valence-electron chi connectivity index (χ2n) is 8.80. The molecule has 1 aliphatic carbocycles. The summed E-state index contributed by atoms with van der Waals surface area (Å²) in [7, 11) is 0. The van der Waals surface area contributed by atoms with E-state index in [4.69, 9.17) is 0 Å². The average Bonchev–Trinajstić information content (AvgIpc) is 3.64. The number of carbonyl (C=O) groups excluding carboxylic acids is 1. The monoisotopic (exact) mass is 444 g/mol. The molecular formula is C26H24N2O5. The van der Waals surface area contributed by atoms with Crippen molar-refractivity contribution < 1.29 is 19.8 Å². The fraction of sp³-hybridized carbons (Fsp3) is 0.269. The first-order valence-electron chi connectivity index (χ1n) is 11.1. The van der Waals surface area contributed by atoms with E-state index in [0.717, 1.165) is 24.0 Å². The molecule has 5 rings (SSSR count). The van der Waals surface area contributed by atoms with Gasteiger partial charge < -0.3 is 19.7 Å². The van der Waals surface area contributed by atoms with Gasteiger partial charge in [-0.2, -0.15) is 0 Å². The third-order valence-corrected chi connectivity index (χ3v) is 6.57. The number of benzene rings is 2. The zero-order chi connectivity index (χ0) is 23.1. The number of carboxylic acid groups (broad SMARTS) is 1. The minimum atomic E-state index is -1.44. The molecular weight excluding hydrogens is 420 g/mol. The topological polar surface area (TPSA) is 99.8 Å². The molecule has 2 aliphatic rings. The van der Waals surface area contributed by atoms with Gasteiger partial charge in [-0.3, -0.25) is 9.59 Å². The Kier molecular flexibility index (Phi) is 5.24. The van der Waals surface area contributed by atoms with Crippen molar-refractivity contribution in [3.63, 3.8) is 0 Å². The molecule has 1 aliphatic heterocycles. The molecule has 3 aromatic rings. The standard InChI is InChI=1S/C26H24N2O5/c29-23-19(26(32)33)14-28-20(15-27(13-16-11-12-16)25(31)22(28)24(23)30)21(17-7-3-1-4-8-17)18-9-5-2-6-10-18/h1-10,14,16,20-21,30H,11-13,15H2,(H,32,33). The summed E-state index contributed by atoms with van der Waals surface area (Å²) in [4.78, 5) is 39.4. The van der Waals surface area contributed by atoms with Gasteiger partial charge in [0.1, 0.15) is 5.56 Å². The molecule has 1 atom stereocenters. The molecule has 0 radical (unpaired) electrons. The minimum absolute atomic E-state index is 0.140. The van der Waals surface area contributed by atoms with E-state index in [1.807, 2.05) is 60.7 Å². The van der Waals surface area contributed by atoms with Gasteiger partial charge in [0.2, 0.25) is 5.43 Å². The highest BCUT2D eigenvalue weighted by Crippen LogP contribution is 2.41. The van der Waals surface area contributed by atoms with Crippen LogP contribution in [0, 0.1) is 5.92 Å². The van der Waals surface area contributed by atoms with E-state index < -0.39 is 34.7 Å². The van der Waals surface area contributed by atoms with Crippen LogP contribution >= 0.6 is 0 Å².